The Bertz CT molecular complexity index is 875. The van der Waals surface area contributed by atoms with Crippen LogP contribution in [0.3, 0.4) is 0 Å². The Balaban J connectivity index is 1.98. The van der Waals surface area contributed by atoms with E-state index in [1.165, 1.54) is 0 Å². The second-order valence-electron chi connectivity index (χ2n) is 9.42. The molecule has 5 nitrogen and oxygen atoms in total. The first-order valence-corrected chi connectivity index (χ1v) is 9.92. The molecule has 0 radical (unpaired) electrons. The smallest absolute Gasteiger partial charge is 0.251 e. The lowest BCUT2D eigenvalue weighted by atomic mass is 9.86. The number of ketones is 3. The third-order valence-electron chi connectivity index (χ3n) is 4.65. The third kappa shape index (κ3) is 5.72. The van der Waals surface area contributed by atoms with Crippen LogP contribution in [0.15, 0.2) is 48.5 Å². The van der Waals surface area contributed by atoms with Crippen LogP contribution in [-0.4, -0.2) is 29.8 Å². The van der Waals surface area contributed by atoms with Gasteiger partial charge in [-0.05, 0) is 12.1 Å². The molecular weight excluding hydrogens is 378 g/mol. The monoisotopic (exact) mass is 407 g/mol. The Morgan fingerprint density at radius 2 is 0.933 bits per heavy atom. The van der Waals surface area contributed by atoms with Gasteiger partial charge >= 0.3 is 0 Å². The first kappa shape index (κ1) is 23.2. The molecule has 1 amide bonds. The molecule has 2 aromatic rings. The minimum absolute atomic E-state index is 0.00183. The van der Waals surface area contributed by atoms with Crippen LogP contribution in [0.5, 0.6) is 0 Å². The van der Waals surface area contributed by atoms with Gasteiger partial charge in [0.15, 0.2) is 17.3 Å². The van der Waals surface area contributed by atoms with E-state index in [0.29, 0.717) is 22.3 Å². The van der Waals surface area contributed by atoms with Gasteiger partial charge in [0.05, 0.1) is 6.54 Å². The Kier molecular flexibility index (Phi) is 6.76. The highest BCUT2D eigenvalue weighted by Crippen LogP contribution is 2.22. The van der Waals surface area contributed by atoms with E-state index < -0.39 is 16.7 Å². The van der Waals surface area contributed by atoms with Crippen LogP contribution in [-0.2, 0) is 0 Å². The molecule has 0 heterocycles. The summed E-state index contributed by atoms with van der Waals surface area (Å²) >= 11 is 0. The highest BCUT2D eigenvalue weighted by molar-refractivity contribution is 6.04. The molecule has 0 saturated carbocycles. The van der Waals surface area contributed by atoms with Gasteiger partial charge in [-0.25, -0.2) is 0 Å². The minimum Gasteiger partial charge on any atom is -0.345 e. The van der Waals surface area contributed by atoms with E-state index >= 15 is 0 Å². The molecule has 0 spiro atoms. The topological polar surface area (TPSA) is 80.3 Å². The first-order chi connectivity index (χ1) is 13.8. The van der Waals surface area contributed by atoms with Gasteiger partial charge in [-0.1, -0.05) is 77.9 Å². The number of amides is 1. The average Bonchev–Trinajstić information content (AvgIpc) is 2.69. The maximum absolute atomic E-state index is 12.4. The van der Waals surface area contributed by atoms with E-state index in [4.69, 9.17) is 0 Å². The van der Waals surface area contributed by atoms with Crippen LogP contribution in [0.25, 0.3) is 0 Å². The molecule has 30 heavy (non-hydrogen) atoms. The van der Waals surface area contributed by atoms with Gasteiger partial charge in [0, 0.05) is 33.1 Å². The molecule has 0 atom stereocenters. The van der Waals surface area contributed by atoms with Crippen molar-refractivity contribution >= 4 is 23.3 Å². The van der Waals surface area contributed by atoms with Gasteiger partial charge in [0.1, 0.15) is 0 Å². The van der Waals surface area contributed by atoms with Crippen molar-refractivity contribution in [2.24, 2.45) is 10.8 Å². The number of carbonyl (C=O) groups excluding carboxylic acids is 4. The maximum atomic E-state index is 12.4. The van der Waals surface area contributed by atoms with Crippen molar-refractivity contribution in [2.75, 3.05) is 6.54 Å². The van der Waals surface area contributed by atoms with Gasteiger partial charge in [-0.2, -0.15) is 0 Å². The number of benzene rings is 2. The molecule has 2 rings (SSSR count). The van der Waals surface area contributed by atoms with E-state index in [-0.39, 0.29) is 23.9 Å². The van der Waals surface area contributed by atoms with Gasteiger partial charge in [-0.3, -0.25) is 19.2 Å². The van der Waals surface area contributed by atoms with Crippen molar-refractivity contribution < 1.29 is 19.2 Å². The van der Waals surface area contributed by atoms with Gasteiger partial charge in [-0.15, -0.1) is 0 Å². The van der Waals surface area contributed by atoms with E-state index in [9.17, 15) is 19.2 Å². The summed E-state index contributed by atoms with van der Waals surface area (Å²) in [5.74, 6) is -0.642. The molecular formula is C25H29NO4. The van der Waals surface area contributed by atoms with Crippen LogP contribution < -0.4 is 5.32 Å². The minimum atomic E-state index is -0.497. The van der Waals surface area contributed by atoms with Gasteiger partial charge in [0.25, 0.3) is 5.91 Å². The number of nitrogens with one attached hydrogen (secondary N) is 1. The highest BCUT2D eigenvalue weighted by Gasteiger charge is 2.24. The number of hydrogen-bond donors (Lipinski definition) is 1. The molecule has 0 bridgehead atoms. The molecule has 0 fully saturated rings. The fourth-order valence-electron chi connectivity index (χ4n) is 2.81. The molecule has 2 aromatic carbocycles. The summed E-state index contributed by atoms with van der Waals surface area (Å²) in [5.41, 5.74) is 0.898. The number of hydrogen-bond acceptors (Lipinski definition) is 4. The van der Waals surface area contributed by atoms with E-state index in [0.717, 1.165) is 0 Å². The molecule has 0 unspecified atom stereocenters. The molecule has 0 saturated heterocycles. The molecule has 0 aliphatic carbocycles. The summed E-state index contributed by atoms with van der Waals surface area (Å²) in [6.07, 6.45) is 0. The van der Waals surface area contributed by atoms with Crippen molar-refractivity contribution in [2.45, 2.75) is 41.5 Å². The fourth-order valence-corrected chi connectivity index (χ4v) is 2.81. The van der Waals surface area contributed by atoms with Crippen LogP contribution >= 0.6 is 0 Å². The molecule has 158 valence electrons. The third-order valence-corrected chi connectivity index (χ3v) is 4.65. The van der Waals surface area contributed by atoms with Crippen molar-refractivity contribution in [1.82, 2.24) is 5.32 Å². The predicted molar refractivity (Wildman–Crippen MR) is 117 cm³/mol. The lowest BCUT2D eigenvalue weighted by Gasteiger charge is -2.16. The number of rotatable bonds is 6. The van der Waals surface area contributed by atoms with Crippen LogP contribution in [0, 0.1) is 10.8 Å². The number of carbonyl (C=O) groups is 4. The predicted octanol–water partition coefficient (Wildman–Crippen LogP) is 4.76. The molecule has 1 N–H and O–H groups in total. The molecule has 5 heteroatoms. The zero-order valence-electron chi connectivity index (χ0n) is 18.5. The maximum Gasteiger partial charge on any atom is 0.251 e. The first-order valence-electron chi connectivity index (χ1n) is 9.92. The zero-order valence-corrected chi connectivity index (χ0v) is 18.5. The highest BCUT2D eigenvalue weighted by atomic mass is 16.2. The summed E-state index contributed by atoms with van der Waals surface area (Å²) in [7, 11) is 0. The van der Waals surface area contributed by atoms with Crippen molar-refractivity contribution in [1.29, 1.82) is 0 Å². The summed E-state index contributed by atoms with van der Waals surface area (Å²) in [5, 5.41) is 2.60. The largest absolute Gasteiger partial charge is 0.345 e. The van der Waals surface area contributed by atoms with Crippen LogP contribution in [0.1, 0.15) is 83.0 Å². The number of Topliss-reactive ketones (excluding diaryl/α,β-unsaturated/α-hetero) is 3. The zero-order chi connectivity index (χ0) is 22.7. The second-order valence-corrected chi connectivity index (χ2v) is 9.42. The fraction of sp³-hybridized carbons (Fsp3) is 0.360. The SMILES string of the molecule is CC(C)(C)C(=O)c1ccc(C(=O)CNC(=O)c2ccc(C(=O)C(C)(C)C)cc2)cc1. The van der Waals surface area contributed by atoms with Crippen molar-refractivity contribution in [3.05, 3.63) is 70.8 Å². The van der Waals surface area contributed by atoms with Crippen molar-refractivity contribution in [3.8, 4) is 0 Å². The Morgan fingerprint density at radius 3 is 1.30 bits per heavy atom. The van der Waals surface area contributed by atoms with Crippen LogP contribution in [0.4, 0.5) is 0 Å². The second kappa shape index (κ2) is 8.74. The Morgan fingerprint density at radius 1 is 0.600 bits per heavy atom. The lowest BCUT2D eigenvalue weighted by molar-refractivity contribution is 0.0852. The molecule has 0 aliphatic heterocycles. The molecule has 0 aromatic heterocycles. The molecule has 0 aliphatic rings. The Hall–Kier alpha value is -3.08. The lowest BCUT2D eigenvalue weighted by Crippen LogP contribution is -2.29. The summed E-state index contributed by atoms with van der Waals surface area (Å²) in [4.78, 5) is 49.2. The van der Waals surface area contributed by atoms with E-state index in [2.05, 4.69) is 5.32 Å². The summed E-state index contributed by atoms with van der Waals surface area (Å²) in [6, 6.07) is 12.9. The average molecular weight is 408 g/mol. The summed E-state index contributed by atoms with van der Waals surface area (Å²) in [6.45, 7) is 10.9. The Labute approximate surface area is 177 Å². The van der Waals surface area contributed by atoms with Gasteiger partial charge in [0.2, 0.25) is 0 Å². The normalized spacial score (nSPS) is 11.7. The standard InChI is InChI=1S/C25H29NO4/c1-24(2,3)21(28)17-9-7-16(8-10-17)20(27)15-26-23(30)19-13-11-18(12-14-19)22(29)25(4,5)6/h7-14H,15H2,1-6H3,(H,26,30). The quantitative estimate of drug-likeness (QED) is 0.700. The van der Waals surface area contributed by atoms with E-state index in [1.807, 2.05) is 41.5 Å². The summed E-state index contributed by atoms with van der Waals surface area (Å²) < 4.78 is 0. The van der Waals surface area contributed by atoms with Gasteiger partial charge < -0.3 is 5.32 Å². The van der Waals surface area contributed by atoms with E-state index in [1.54, 1.807) is 48.5 Å². The van der Waals surface area contributed by atoms with Crippen LogP contribution in [0.2, 0.25) is 0 Å². The van der Waals surface area contributed by atoms with Crippen molar-refractivity contribution in [3.63, 3.8) is 0 Å².